The zero-order chi connectivity index (χ0) is 14.7. The predicted molar refractivity (Wildman–Crippen MR) is 80.9 cm³/mol. The van der Waals surface area contributed by atoms with Crippen molar-refractivity contribution in [2.75, 3.05) is 26.2 Å². The van der Waals surface area contributed by atoms with E-state index in [4.69, 9.17) is 0 Å². The van der Waals surface area contributed by atoms with E-state index in [-0.39, 0.29) is 11.9 Å². The van der Waals surface area contributed by atoms with Gasteiger partial charge in [-0.05, 0) is 29.3 Å². The van der Waals surface area contributed by atoms with Gasteiger partial charge in [0.15, 0.2) is 0 Å². The number of piperazine rings is 1. The Kier molecular flexibility index (Phi) is 4.31. The summed E-state index contributed by atoms with van der Waals surface area (Å²) in [7, 11) is 0. The van der Waals surface area contributed by atoms with Crippen molar-refractivity contribution in [2.45, 2.75) is 19.5 Å². The zero-order valence-corrected chi connectivity index (χ0v) is 12.9. The van der Waals surface area contributed by atoms with Crippen molar-refractivity contribution in [1.82, 2.24) is 24.6 Å². The number of carbonyl (C=O) groups excluding carboxylic acids is 1. The molecule has 3 rings (SSSR count). The van der Waals surface area contributed by atoms with E-state index in [2.05, 4.69) is 31.8 Å². The highest BCUT2D eigenvalue weighted by Crippen LogP contribution is 2.14. The van der Waals surface area contributed by atoms with Crippen LogP contribution < -0.4 is 0 Å². The number of amides is 1. The highest BCUT2D eigenvalue weighted by Gasteiger charge is 2.26. The van der Waals surface area contributed by atoms with Crippen LogP contribution in [0.2, 0.25) is 0 Å². The Labute approximate surface area is 128 Å². The van der Waals surface area contributed by atoms with Crippen LogP contribution >= 0.6 is 11.3 Å². The summed E-state index contributed by atoms with van der Waals surface area (Å²) in [5.41, 5.74) is 1.36. The maximum Gasteiger partial charge on any atom is 0.247 e. The smallest absolute Gasteiger partial charge is 0.247 e. The molecule has 1 atom stereocenters. The maximum absolute atomic E-state index is 12.4. The Balaban J connectivity index is 1.52. The van der Waals surface area contributed by atoms with E-state index in [1.54, 1.807) is 22.3 Å². The maximum atomic E-state index is 12.4. The molecule has 0 bridgehead atoms. The van der Waals surface area contributed by atoms with Crippen LogP contribution in [-0.2, 0) is 11.3 Å². The van der Waals surface area contributed by atoms with Crippen LogP contribution in [0, 0.1) is 0 Å². The first-order valence-corrected chi connectivity index (χ1v) is 8.04. The molecule has 1 fully saturated rings. The molecule has 1 amide bonds. The van der Waals surface area contributed by atoms with Crippen molar-refractivity contribution in [1.29, 1.82) is 0 Å². The van der Waals surface area contributed by atoms with Gasteiger partial charge in [0.1, 0.15) is 18.7 Å². The van der Waals surface area contributed by atoms with Crippen molar-refractivity contribution in [3.05, 3.63) is 35.0 Å². The Bertz CT molecular complexity index is 560. The largest absolute Gasteiger partial charge is 0.338 e. The third-order valence-corrected chi connectivity index (χ3v) is 4.59. The van der Waals surface area contributed by atoms with Crippen molar-refractivity contribution in [2.24, 2.45) is 0 Å². The van der Waals surface area contributed by atoms with Crippen LogP contribution in [0.25, 0.3) is 0 Å². The standard InChI is InChI=1S/C14H19N5OS/c1-12(19-11-15-10-16-19)14(20)18-5-3-17(4-6-18)8-13-2-7-21-9-13/h2,7,9-12H,3-6,8H2,1H3/t12-/m0/s1. The summed E-state index contributed by atoms with van der Waals surface area (Å²) in [6, 6.07) is 1.88. The van der Waals surface area contributed by atoms with Crippen molar-refractivity contribution >= 4 is 17.2 Å². The molecule has 0 spiro atoms. The van der Waals surface area contributed by atoms with E-state index >= 15 is 0 Å². The van der Waals surface area contributed by atoms with Crippen LogP contribution in [0.15, 0.2) is 29.5 Å². The Morgan fingerprint density at radius 2 is 2.19 bits per heavy atom. The number of carbonyl (C=O) groups is 1. The van der Waals surface area contributed by atoms with E-state index < -0.39 is 0 Å². The summed E-state index contributed by atoms with van der Waals surface area (Å²) in [5, 5.41) is 8.34. The highest BCUT2D eigenvalue weighted by atomic mass is 32.1. The van der Waals surface area contributed by atoms with Gasteiger partial charge in [-0.3, -0.25) is 9.69 Å². The van der Waals surface area contributed by atoms with E-state index in [0.717, 1.165) is 32.7 Å². The van der Waals surface area contributed by atoms with Crippen LogP contribution in [0.5, 0.6) is 0 Å². The number of hydrogen-bond donors (Lipinski definition) is 0. The molecule has 2 aromatic rings. The van der Waals surface area contributed by atoms with Gasteiger partial charge in [0.05, 0.1) is 0 Å². The molecule has 6 nitrogen and oxygen atoms in total. The molecular weight excluding hydrogens is 286 g/mol. The zero-order valence-electron chi connectivity index (χ0n) is 12.1. The van der Waals surface area contributed by atoms with Gasteiger partial charge in [0.2, 0.25) is 5.91 Å². The minimum absolute atomic E-state index is 0.121. The number of thiophene rings is 1. The predicted octanol–water partition coefficient (Wildman–Crippen LogP) is 1.25. The molecule has 1 saturated heterocycles. The van der Waals surface area contributed by atoms with Crippen LogP contribution in [0.3, 0.4) is 0 Å². The third-order valence-electron chi connectivity index (χ3n) is 3.86. The fourth-order valence-corrected chi connectivity index (χ4v) is 3.22. The molecule has 0 saturated carbocycles. The lowest BCUT2D eigenvalue weighted by Gasteiger charge is -2.35. The van der Waals surface area contributed by atoms with Crippen molar-refractivity contribution in [3.8, 4) is 0 Å². The van der Waals surface area contributed by atoms with Gasteiger partial charge in [-0.25, -0.2) is 9.67 Å². The molecule has 112 valence electrons. The quantitative estimate of drug-likeness (QED) is 0.853. The summed E-state index contributed by atoms with van der Waals surface area (Å²) in [4.78, 5) is 20.7. The summed E-state index contributed by atoms with van der Waals surface area (Å²) < 4.78 is 1.61. The molecule has 0 unspecified atom stereocenters. The van der Waals surface area contributed by atoms with E-state index in [1.165, 1.54) is 11.9 Å². The molecular formula is C14H19N5OS. The van der Waals surface area contributed by atoms with Gasteiger partial charge in [-0.1, -0.05) is 0 Å². The first kappa shape index (κ1) is 14.2. The number of nitrogens with zero attached hydrogens (tertiary/aromatic N) is 5. The van der Waals surface area contributed by atoms with Crippen molar-refractivity contribution < 1.29 is 4.79 Å². The molecule has 0 aliphatic carbocycles. The first-order valence-electron chi connectivity index (χ1n) is 7.10. The van der Waals surface area contributed by atoms with Gasteiger partial charge in [-0.2, -0.15) is 16.4 Å². The van der Waals surface area contributed by atoms with Crippen LogP contribution in [0.4, 0.5) is 0 Å². The van der Waals surface area contributed by atoms with Gasteiger partial charge in [-0.15, -0.1) is 0 Å². The van der Waals surface area contributed by atoms with E-state index in [9.17, 15) is 4.79 Å². The molecule has 0 N–H and O–H groups in total. The van der Waals surface area contributed by atoms with Crippen LogP contribution in [0.1, 0.15) is 18.5 Å². The van der Waals surface area contributed by atoms with Gasteiger partial charge < -0.3 is 4.90 Å². The van der Waals surface area contributed by atoms with Crippen molar-refractivity contribution in [3.63, 3.8) is 0 Å². The fourth-order valence-electron chi connectivity index (χ4n) is 2.56. The van der Waals surface area contributed by atoms with E-state index in [0.29, 0.717) is 0 Å². The SMILES string of the molecule is C[C@@H](C(=O)N1CCN(Cc2ccsc2)CC1)n1cncn1. The lowest BCUT2D eigenvalue weighted by molar-refractivity contribution is -0.136. The Hall–Kier alpha value is -1.73. The number of hydrogen-bond acceptors (Lipinski definition) is 5. The molecule has 7 heteroatoms. The van der Waals surface area contributed by atoms with E-state index in [1.807, 2.05) is 11.8 Å². The second-order valence-corrected chi connectivity index (χ2v) is 6.06. The Morgan fingerprint density at radius 1 is 1.38 bits per heavy atom. The highest BCUT2D eigenvalue weighted by molar-refractivity contribution is 7.07. The second-order valence-electron chi connectivity index (χ2n) is 5.28. The van der Waals surface area contributed by atoms with Crippen LogP contribution in [-0.4, -0.2) is 56.7 Å². The molecule has 2 aromatic heterocycles. The minimum atomic E-state index is -0.282. The average Bonchev–Trinajstić information content (AvgIpc) is 3.20. The fraction of sp³-hybridized carbons (Fsp3) is 0.500. The first-order chi connectivity index (χ1) is 10.2. The molecule has 3 heterocycles. The number of rotatable bonds is 4. The topological polar surface area (TPSA) is 54.3 Å². The molecule has 21 heavy (non-hydrogen) atoms. The monoisotopic (exact) mass is 305 g/mol. The lowest BCUT2D eigenvalue weighted by Crippen LogP contribution is -2.49. The Morgan fingerprint density at radius 3 is 2.81 bits per heavy atom. The lowest BCUT2D eigenvalue weighted by atomic mass is 10.2. The molecule has 0 aromatic carbocycles. The minimum Gasteiger partial charge on any atom is -0.338 e. The summed E-state index contributed by atoms with van der Waals surface area (Å²) in [6.45, 7) is 6.25. The summed E-state index contributed by atoms with van der Waals surface area (Å²) >= 11 is 1.73. The second kappa shape index (κ2) is 6.36. The summed E-state index contributed by atoms with van der Waals surface area (Å²) in [6.07, 6.45) is 3.05. The third kappa shape index (κ3) is 3.30. The normalized spacial score (nSPS) is 17.9. The molecule has 0 radical (unpaired) electrons. The van der Waals surface area contributed by atoms with Gasteiger partial charge in [0.25, 0.3) is 0 Å². The molecule has 1 aliphatic rings. The summed E-state index contributed by atoms with van der Waals surface area (Å²) in [5.74, 6) is 0.121. The molecule has 1 aliphatic heterocycles. The van der Waals surface area contributed by atoms with Gasteiger partial charge in [0, 0.05) is 32.7 Å². The number of aromatic nitrogens is 3. The average molecular weight is 305 g/mol. The van der Waals surface area contributed by atoms with Gasteiger partial charge >= 0.3 is 0 Å².